The summed E-state index contributed by atoms with van der Waals surface area (Å²) in [6.07, 6.45) is 1.41. The van der Waals surface area contributed by atoms with Crippen molar-refractivity contribution in [3.05, 3.63) is 0 Å². The van der Waals surface area contributed by atoms with E-state index in [-0.39, 0.29) is 17.9 Å². The summed E-state index contributed by atoms with van der Waals surface area (Å²) in [6, 6.07) is -0.0604. The summed E-state index contributed by atoms with van der Waals surface area (Å²) >= 11 is 0. The summed E-state index contributed by atoms with van der Waals surface area (Å²) in [5, 5.41) is 18.7. The number of amides is 2. The van der Waals surface area contributed by atoms with E-state index in [1.54, 1.807) is 9.80 Å². The zero-order chi connectivity index (χ0) is 14.0. The molecule has 2 N–H and O–H groups in total. The molecule has 2 fully saturated rings. The molecule has 6 nitrogen and oxygen atoms in total. The number of urea groups is 1. The molecule has 0 aromatic rings. The highest BCUT2D eigenvalue weighted by Crippen LogP contribution is 2.22. The number of nitrogens with zero attached hydrogens (tertiary/aromatic N) is 2. The van der Waals surface area contributed by atoms with Crippen LogP contribution in [0.1, 0.15) is 26.2 Å². The highest BCUT2D eigenvalue weighted by atomic mass is 16.4. The first-order valence-electron chi connectivity index (χ1n) is 6.93. The average Bonchev–Trinajstić information content (AvgIpc) is 2.41. The summed E-state index contributed by atoms with van der Waals surface area (Å²) in [5.41, 5.74) is 0. The SMILES string of the molecule is CC1CCN(C(=O)N2CCC(C(=O)O)CC2)CC1O. The van der Waals surface area contributed by atoms with Crippen molar-refractivity contribution in [3.8, 4) is 0 Å². The summed E-state index contributed by atoms with van der Waals surface area (Å²) in [4.78, 5) is 26.5. The Balaban J connectivity index is 1.86. The molecule has 19 heavy (non-hydrogen) atoms. The first-order valence-corrected chi connectivity index (χ1v) is 6.93. The first-order chi connectivity index (χ1) is 8.99. The van der Waals surface area contributed by atoms with Crippen LogP contribution in [0.4, 0.5) is 4.79 Å². The van der Waals surface area contributed by atoms with Crippen molar-refractivity contribution in [3.63, 3.8) is 0 Å². The lowest BCUT2D eigenvalue weighted by molar-refractivity contribution is -0.143. The molecule has 2 atom stereocenters. The Labute approximate surface area is 113 Å². The van der Waals surface area contributed by atoms with Crippen molar-refractivity contribution < 1.29 is 19.8 Å². The molecule has 2 heterocycles. The van der Waals surface area contributed by atoms with Gasteiger partial charge in [0.1, 0.15) is 0 Å². The van der Waals surface area contributed by atoms with Gasteiger partial charge in [-0.3, -0.25) is 4.79 Å². The van der Waals surface area contributed by atoms with Gasteiger partial charge in [-0.1, -0.05) is 6.92 Å². The van der Waals surface area contributed by atoms with E-state index in [1.807, 2.05) is 6.92 Å². The second-order valence-corrected chi connectivity index (χ2v) is 5.66. The molecule has 2 saturated heterocycles. The molecule has 0 radical (unpaired) electrons. The van der Waals surface area contributed by atoms with Gasteiger partial charge >= 0.3 is 12.0 Å². The van der Waals surface area contributed by atoms with Gasteiger partial charge in [0.25, 0.3) is 0 Å². The van der Waals surface area contributed by atoms with Crippen molar-refractivity contribution in [2.45, 2.75) is 32.3 Å². The van der Waals surface area contributed by atoms with Crippen LogP contribution in [0.25, 0.3) is 0 Å². The lowest BCUT2D eigenvalue weighted by Gasteiger charge is -2.39. The summed E-state index contributed by atoms with van der Waals surface area (Å²) in [5.74, 6) is -0.855. The highest BCUT2D eigenvalue weighted by Gasteiger charge is 2.32. The summed E-state index contributed by atoms with van der Waals surface area (Å²) < 4.78 is 0. The molecule has 0 bridgehead atoms. The molecule has 2 amide bonds. The Hall–Kier alpha value is -1.30. The fraction of sp³-hybridized carbons (Fsp3) is 0.846. The molecule has 2 aliphatic heterocycles. The zero-order valence-electron chi connectivity index (χ0n) is 11.3. The minimum atomic E-state index is -0.769. The molecule has 0 aliphatic carbocycles. The maximum absolute atomic E-state index is 12.3. The number of carboxylic acid groups (broad SMARTS) is 1. The van der Waals surface area contributed by atoms with Crippen LogP contribution in [-0.4, -0.2) is 64.3 Å². The Morgan fingerprint density at radius 1 is 1.05 bits per heavy atom. The topological polar surface area (TPSA) is 81.1 Å². The number of rotatable bonds is 1. The van der Waals surface area contributed by atoms with Crippen LogP contribution in [0.15, 0.2) is 0 Å². The third-order valence-corrected chi connectivity index (χ3v) is 4.30. The van der Waals surface area contributed by atoms with Crippen LogP contribution in [0.5, 0.6) is 0 Å². The third kappa shape index (κ3) is 3.18. The number of carboxylic acids is 1. The van der Waals surface area contributed by atoms with Gasteiger partial charge in [-0.15, -0.1) is 0 Å². The number of carbonyl (C=O) groups excluding carboxylic acids is 1. The number of aliphatic carboxylic acids is 1. The van der Waals surface area contributed by atoms with E-state index in [4.69, 9.17) is 5.11 Å². The van der Waals surface area contributed by atoms with Crippen LogP contribution < -0.4 is 0 Å². The van der Waals surface area contributed by atoms with Gasteiger partial charge in [-0.25, -0.2) is 4.79 Å². The number of carbonyl (C=O) groups is 2. The van der Waals surface area contributed by atoms with Crippen molar-refractivity contribution in [1.29, 1.82) is 0 Å². The number of aliphatic hydroxyl groups excluding tert-OH is 1. The van der Waals surface area contributed by atoms with Crippen molar-refractivity contribution in [1.82, 2.24) is 9.80 Å². The normalized spacial score (nSPS) is 29.4. The van der Waals surface area contributed by atoms with E-state index in [2.05, 4.69) is 0 Å². The van der Waals surface area contributed by atoms with E-state index < -0.39 is 12.1 Å². The maximum Gasteiger partial charge on any atom is 0.320 e. The number of aliphatic hydroxyl groups is 1. The van der Waals surface area contributed by atoms with Crippen molar-refractivity contribution in [2.75, 3.05) is 26.2 Å². The molecule has 2 rings (SSSR count). The smallest absolute Gasteiger partial charge is 0.320 e. The monoisotopic (exact) mass is 270 g/mol. The Kier molecular flexibility index (Phi) is 4.29. The second kappa shape index (κ2) is 5.77. The van der Waals surface area contributed by atoms with E-state index in [0.29, 0.717) is 39.0 Å². The van der Waals surface area contributed by atoms with Crippen LogP contribution >= 0.6 is 0 Å². The molecule has 2 aliphatic rings. The van der Waals surface area contributed by atoms with E-state index in [9.17, 15) is 14.7 Å². The third-order valence-electron chi connectivity index (χ3n) is 4.30. The summed E-state index contributed by atoms with van der Waals surface area (Å²) in [6.45, 7) is 4.05. The molecule has 0 aromatic heterocycles. The predicted octanol–water partition coefficient (Wildman–Crippen LogP) is 0.606. The first kappa shape index (κ1) is 14.1. The minimum Gasteiger partial charge on any atom is -0.481 e. The molecular weight excluding hydrogens is 248 g/mol. The quantitative estimate of drug-likeness (QED) is 0.731. The molecule has 0 spiro atoms. The second-order valence-electron chi connectivity index (χ2n) is 5.66. The van der Waals surface area contributed by atoms with Gasteiger partial charge in [-0.05, 0) is 25.2 Å². The molecule has 0 saturated carbocycles. The van der Waals surface area contributed by atoms with Gasteiger partial charge in [0.15, 0.2) is 0 Å². The largest absolute Gasteiger partial charge is 0.481 e. The standard InChI is InChI=1S/C13H22N2O4/c1-9-2-5-15(8-11(9)16)13(19)14-6-3-10(4-7-14)12(17)18/h9-11,16H,2-8H2,1H3,(H,17,18). The Morgan fingerprint density at radius 2 is 1.63 bits per heavy atom. The van der Waals surface area contributed by atoms with Crippen molar-refractivity contribution >= 4 is 12.0 Å². The Bertz CT molecular complexity index is 353. The number of piperidine rings is 2. The fourth-order valence-electron chi connectivity index (χ4n) is 2.74. The molecule has 108 valence electrons. The summed E-state index contributed by atoms with van der Waals surface area (Å²) in [7, 11) is 0. The van der Waals surface area contributed by atoms with Gasteiger partial charge in [0, 0.05) is 26.2 Å². The molecular formula is C13H22N2O4. The van der Waals surface area contributed by atoms with Gasteiger partial charge < -0.3 is 20.0 Å². The molecule has 2 unspecified atom stereocenters. The minimum absolute atomic E-state index is 0.0604. The van der Waals surface area contributed by atoms with Gasteiger partial charge in [-0.2, -0.15) is 0 Å². The number of β-amino-alcohol motifs (C(OH)–C–C–N with tert-alkyl or cyclic N) is 1. The van der Waals surface area contributed by atoms with Gasteiger partial charge in [0.05, 0.1) is 12.0 Å². The zero-order valence-corrected chi connectivity index (χ0v) is 11.3. The molecule has 0 aromatic carbocycles. The van der Waals surface area contributed by atoms with Crippen LogP contribution in [0, 0.1) is 11.8 Å². The van der Waals surface area contributed by atoms with Crippen LogP contribution in [0.2, 0.25) is 0 Å². The molecule has 6 heteroatoms. The van der Waals surface area contributed by atoms with E-state index in [0.717, 1.165) is 6.42 Å². The van der Waals surface area contributed by atoms with Crippen molar-refractivity contribution in [2.24, 2.45) is 11.8 Å². The van der Waals surface area contributed by atoms with E-state index >= 15 is 0 Å². The highest BCUT2D eigenvalue weighted by molar-refractivity contribution is 5.75. The fourth-order valence-corrected chi connectivity index (χ4v) is 2.74. The maximum atomic E-state index is 12.3. The van der Waals surface area contributed by atoms with Crippen LogP contribution in [-0.2, 0) is 4.79 Å². The Morgan fingerprint density at radius 3 is 2.16 bits per heavy atom. The van der Waals surface area contributed by atoms with E-state index in [1.165, 1.54) is 0 Å². The number of hydrogen-bond acceptors (Lipinski definition) is 3. The number of hydrogen-bond donors (Lipinski definition) is 2. The average molecular weight is 270 g/mol. The number of likely N-dealkylation sites (tertiary alicyclic amines) is 2. The predicted molar refractivity (Wildman–Crippen MR) is 68.7 cm³/mol. The lowest BCUT2D eigenvalue weighted by atomic mass is 9.95. The lowest BCUT2D eigenvalue weighted by Crippen LogP contribution is -2.52. The van der Waals surface area contributed by atoms with Crippen LogP contribution in [0.3, 0.4) is 0 Å². The van der Waals surface area contributed by atoms with Gasteiger partial charge in [0.2, 0.25) is 0 Å².